The van der Waals surface area contributed by atoms with E-state index in [9.17, 15) is 4.79 Å². The molecule has 27 heavy (non-hydrogen) atoms. The van der Waals surface area contributed by atoms with Gasteiger partial charge in [-0.25, -0.2) is 4.79 Å². The molecule has 5 aliphatic rings. The number of carbonyl (C=O) groups is 1. The van der Waals surface area contributed by atoms with Crippen molar-refractivity contribution in [3.05, 3.63) is 34.9 Å². The number of benzene rings is 1. The Bertz CT molecular complexity index is 690. The topological polar surface area (TPSA) is 41.1 Å². The largest absolute Gasteiger partial charge is 0.333 e. The van der Waals surface area contributed by atoms with Gasteiger partial charge in [-0.2, -0.15) is 0 Å². The van der Waals surface area contributed by atoms with Gasteiger partial charge in [0.15, 0.2) is 0 Å². The SMILES string of the molecule is CCC(NC(=O)NC12CC3CC(CC(C3)C1)C2)c1ccc2c(c1)CCCC2. The lowest BCUT2D eigenvalue weighted by Gasteiger charge is -2.56. The minimum atomic E-state index is 0.0570. The summed E-state index contributed by atoms with van der Waals surface area (Å²) in [6.07, 6.45) is 13.8. The molecule has 5 aliphatic carbocycles. The lowest BCUT2D eigenvalue weighted by molar-refractivity contribution is -0.0136. The highest BCUT2D eigenvalue weighted by atomic mass is 16.2. The third-order valence-electron chi connectivity index (χ3n) is 7.91. The predicted octanol–water partition coefficient (Wildman–Crippen LogP) is 5.28. The summed E-state index contributed by atoms with van der Waals surface area (Å²) >= 11 is 0. The molecule has 0 heterocycles. The first-order valence-electron chi connectivity index (χ1n) is 11.3. The molecule has 2 amide bonds. The third-order valence-corrected chi connectivity index (χ3v) is 7.91. The fourth-order valence-corrected chi connectivity index (χ4v) is 7.09. The molecule has 1 unspecified atom stereocenters. The van der Waals surface area contributed by atoms with Crippen LogP contribution in [0.1, 0.15) is 87.4 Å². The van der Waals surface area contributed by atoms with Crippen molar-refractivity contribution < 1.29 is 4.79 Å². The molecule has 1 atom stereocenters. The van der Waals surface area contributed by atoms with E-state index in [1.807, 2.05) is 0 Å². The second-order valence-electron chi connectivity index (χ2n) is 9.99. The van der Waals surface area contributed by atoms with E-state index in [2.05, 4.69) is 35.8 Å². The van der Waals surface area contributed by atoms with Gasteiger partial charge in [0.05, 0.1) is 6.04 Å². The second kappa shape index (κ2) is 6.83. The van der Waals surface area contributed by atoms with E-state index in [4.69, 9.17) is 0 Å². The number of rotatable bonds is 4. The molecule has 0 saturated heterocycles. The highest BCUT2D eigenvalue weighted by molar-refractivity contribution is 5.75. The van der Waals surface area contributed by atoms with Crippen molar-refractivity contribution >= 4 is 6.03 Å². The van der Waals surface area contributed by atoms with Crippen molar-refractivity contribution in [2.75, 3.05) is 0 Å². The molecule has 4 fully saturated rings. The van der Waals surface area contributed by atoms with Gasteiger partial charge in [0.1, 0.15) is 0 Å². The molecule has 4 bridgehead atoms. The van der Waals surface area contributed by atoms with Gasteiger partial charge in [-0.3, -0.25) is 0 Å². The van der Waals surface area contributed by atoms with Crippen LogP contribution in [0.4, 0.5) is 4.79 Å². The molecule has 1 aromatic rings. The Morgan fingerprint density at radius 3 is 2.30 bits per heavy atom. The van der Waals surface area contributed by atoms with E-state index < -0.39 is 0 Å². The van der Waals surface area contributed by atoms with Crippen molar-refractivity contribution in [2.24, 2.45) is 17.8 Å². The van der Waals surface area contributed by atoms with Crippen molar-refractivity contribution in [2.45, 2.75) is 89.1 Å². The average Bonchev–Trinajstić information content (AvgIpc) is 2.64. The zero-order valence-corrected chi connectivity index (χ0v) is 16.7. The molecule has 6 rings (SSSR count). The van der Waals surface area contributed by atoms with Crippen LogP contribution in [0.2, 0.25) is 0 Å². The molecule has 146 valence electrons. The first-order valence-corrected chi connectivity index (χ1v) is 11.3. The van der Waals surface area contributed by atoms with E-state index in [1.165, 1.54) is 80.9 Å². The number of hydrogen-bond donors (Lipinski definition) is 2. The smallest absolute Gasteiger partial charge is 0.315 e. The number of nitrogens with one attached hydrogen (secondary N) is 2. The molecule has 3 heteroatoms. The average molecular weight is 367 g/mol. The van der Waals surface area contributed by atoms with Gasteiger partial charge < -0.3 is 10.6 Å². The van der Waals surface area contributed by atoms with Crippen LogP contribution in [0.25, 0.3) is 0 Å². The summed E-state index contributed by atoms with van der Waals surface area (Å²) in [6, 6.07) is 7.06. The quantitative estimate of drug-likeness (QED) is 0.747. The molecule has 0 aromatic heterocycles. The van der Waals surface area contributed by atoms with E-state index in [-0.39, 0.29) is 17.6 Å². The van der Waals surface area contributed by atoms with Crippen LogP contribution < -0.4 is 10.6 Å². The molecule has 4 saturated carbocycles. The summed E-state index contributed by atoms with van der Waals surface area (Å²) in [5.41, 5.74) is 4.38. The number of carbonyl (C=O) groups excluding carboxylic acids is 1. The van der Waals surface area contributed by atoms with Gasteiger partial charge in [0.2, 0.25) is 0 Å². The van der Waals surface area contributed by atoms with E-state index in [0.717, 1.165) is 24.2 Å². The summed E-state index contributed by atoms with van der Waals surface area (Å²) in [7, 11) is 0. The Morgan fingerprint density at radius 2 is 1.67 bits per heavy atom. The second-order valence-corrected chi connectivity index (χ2v) is 9.99. The van der Waals surface area contributed by atoms with Gasteiger partial charge in [0, 0.05) is 5.54 Å². The first kappa shape index (κ1) is 17.6. The Kier molecular flexibility index (Phi) is 4.44. The standard InChI is InChI=1S/C24H34N2O/c1-2-22(21-8-7-19-5-3-4-6-20(19)12-21)25-23(27)26-24-13-16-9-17(14-24)11-18(10-16)15-24/h7-8,12,16-18,22H,2-6,9-11,13-15H2,1H3,(H2,25,26,27). The summed E-state index contributed by atoms with van der Waals surface area (Å²) < 4.78 is 0. The van der Waals surface area contributed by atoms with Crippen LogP contribution in [0.5, 0.6) is 0 Å². The minimum Gasteiger partial charge on any atom is -0.333 e. The van der Waals surface area contributed by atoms with Crippen LogP contribution in [-0.4, -0.2) is 11.6 Å². The molecule has 0 spiro atoms. The third kappa shape index (κ3) is 3.39. The van der Waals surface area contributed by atoms with Crippen molar-refractivity contribution in [1.29, 1.82) is 0 Å². The van der Waals surface area contributed by atoms with Crippen LogP contribution in [0.3, 0.4) is 0 Å². The Morgan fingerprint density at radius 1 is 1.04 bits per heavy atom. The van der Waals surface area contributed by atoms with Crippen LogP contribution in [-0.2, 0) is 12.8 Å². The Hall–Kier alpha value is -1.51. The van der Waals surface area contributed by atoms with Crippen LogP contribution >= 0.6 is 0 Å². The fourth-order valence-electron chi connectivity index (χ4n) is 7.09. The molecular formula is C24H34N2O. The minimum absolute atomic E-state index is 0.0570. The zero-order valence-electron chi connectivity index (χ0n) is 16.7. The first-order chi connectivity index (χ1) is 13.1. The van der Waals surface area contributed by atoms with Crippen molar-refractivity contribution in [3.8, 4) is 0 Å². The molecule has 2 N–H and O–H groups in total. The summed E-state index contributed by atoms with van der Waals surface area (Å²) in [5.74, 6) is 2.58. The maximum absolute atomic E-state index is 12.9. The lowest BCUT2D eigenvalue weighted by atomic mass is 9.53. The van der Waals surface area contributed by atoms with E-state index in [0.29, 0.717) is 0 Å². The summed E-state index contributed by atoms with van der Waals surface area (Å²) in [4.78, 5) is 12.9. The fraction of sp³-hybridized carbons (Fsp3) is 0.708. The zero-order chi connectivity index (χ0) is 18.4. The number of amides is 2. The van der Waals surface area contributed by atoms with Crippen LogP contribution in [0, 0.1) is 17.8 Å². The lowest BCUT2D eigenvalue weighted by Crippen LogP contribution is -2.61. The normalized spacial score (nSPS) is 34.8. The molecular weight excluding hydrogens is 332 g/mol. The van der Waals surface area contributed by atoms with Gasteiger partial charge in [-0.05, 0) is 105 Å². The molecule has 1 aromatic carbocycles. The highest BCUT2D eigenvalue weighted by Gasteiger charge is 2.51. The van der Waals surface area contributed by atoms with E-state index >= 15 is 0 Å². The summed E-state index contributed by atoms with van der Waals surface area (Å²) in [5, 5.41) is 6.79. The predicted molar refractivity (Wildman–Crippen MR) is 109 cm³/mol. The monoisotopic (exact) mass is 366 g/mol. The van der Waals surface area contributed by atoms with Crippen molar-refractivity contribution in [1.82, 2.24) is 10.6 Å². The maximum atomic E-state index is 12.9. The van der Waals surface area contributed by atoms with Gasteiger partial charge in [-0.15, -0.1) is 0 Å². The molecule has 0 aliphatic heterocycles. The van der Waals surface area contributed by atoms with E-state index in [1.54, 1.807) is 0 Å². The molecule has 0 radical (unpaired) electrons. The number of urea groups is 1. The summed E-state index contributed by atoms with van der Waals surface area (Å²) in [6.45, 7) is 2.18. The van der Waals surface area contributed by atoms with Crippen molar-refractivity contribution in [3.63, 3.8) is 0 Å². The maximum Gasteiger partial charge on any atom is 0.315 e. The number of hydrogen-bond acceptors (Lipinski definition) is 1. The van der Waals surface area contributed by atoms with Gasteiger partial charge >= 0.3 is 6.03 Å². The van der Waals surface area contributed by atoms with Gasteiger partial charge in [-0.1, -0.05) is 25.1 Å². The number of aryl methyl sites for hydroxylation is 2. The number of fused-ring (bicyclic) bond motifs is 1. The Balaban J connectivity index is 1.27. The van der Waals surface area contributed by atoms with Gasteiger partial charge in [0.25, 0.3) is 0 Å². The Labute approximate surface area is 163 Å². The highest BCUT2D eigenvalue weighted by Crippen LogP contribution is 2.55. The molecule has 3 nitrogen and oxygen atoms in total. The van der Waals surface area contributed by atoms with Crippen LogP contribution in [0.15, 0.2) is 18.2 Å².